The van der Waals surface area contributed by atoms with Crippen LogP contribution in [0.5, 0.6) is 0 Å². The van der Waals surface area contributed by atoms with Gasteiger partial charge >= 0.3 is 6.03 Å². The quantitative estimate of drug-likeness (QED) is 0.652. The summed E-state index contributed by atoms with van der Waals surface area (Å²) >= 11 is 0. The minimum absolute atomic E-state index is 0.0787. The molecule has 2 N–H and O–H groups in total. The highest BCUT2D eigenvalue weighted by Crippen LogP contribution is 2.28. The summed E-state index contributed by atoms with van der Waals surface area (Å²) in [6.45, 7) is 5.89. The molecule has 0 saturated heterocycles. The van der Waals surface area contributed by atoms with Crippen molar-refractivity contribution in [3.63, 3.8) is 0 Å². The SMILES string of the molecule is CC(C)(C)NC(=O)NS(C)(C)C. The maximum Gasteiger partial charge on any atom is 0.323 e. The first-order valence-electron chi connectivity index (χ1n) is 3.88. The van der Waals surface area contributed by atoms with E-state index in [9.17, 15) is 4.79 Å². The highest BCUT2D eigenvalue weighted by atomic mass is 32.3. The molecule has 0 aromatic heterocycles. The van der Waals surface area contributed by atoms with Crippen LogP contribution >= 0.6 is 10.2 Å². The molecule has 0 atom stereocenters. The monoisotopic (exact) mass is 192 g/mol. The highest BCUT2D eigenvalue weighted by molar-refractivity contribution is 8.30. The molecule has 0 rings (SSSR count). The molecule has 2 amide bonds. The van der Waals surface area contributed by atoms with E-state index in [-0.39, 0.29) is 11.6 Å². The van der Waals surface area contributed by atoms with Crippen molar-refractivity contribution in [1.82, 2.24) is 10.0 Å². The molecule has 0 radical (unpaired) electrons. The molecule has 3 nitrogen and oxygen atoms in total. The van der Waals surface area contributed by atoms with Crippen LogP contribution in [0.3, 0.4) is 0 Å². The second kappa shape index (κ2) is 3.56. The molecule has 0 aliphatic carbocycles. The molecule has 0 spiro atoms. The average Bonchev–Trinajstić information content (AvgIpc) is 1.49. The third-order valence-corrected chi connectivity index (χ3v) is 1.69. The summed E-state index contributed by atoms with van der Waals surface area (Å²) in [5.74, 6) is 0. The van der Waals surface area contributed by atoms with Gasteiger partial charge in [0.2, 0.25) is 0 Å². The maximum atomic E-state index is 11.3. The number of urea groups is 1. The number of amides is 2. The Morgan fingerprint density at radius 2 is 1.58 bits per heavy atom. The van der Waals surface area contributed by atoms with Crippen LogP contribution in [0.2, 0.25) is 0 Å². The lowest BCUT2D eigenvalue weighted by atomic mass is 10.1. The fourth-order valence-corrected chi connectivity index (χ4v) is 1.25. The smallest absolute Gasteiger partial charge is 0.323 e. The van der Waals surface area contributed by atoms with Gasteiger partial charge in [0.15, 0.2) is 0 Å². The second-order valence-corrected chi connectivity index (χ2v) is 8.52. The summed E-state index contributed by atoms with van der Waals surface area (Å²) in [5.41, 5.74) is -0.158. The normalized spacial score (nSPS) is 13.8. The number of hydrogen-bond acceptors (Lipinski definition) is 1. The summed E-state index contributed by atoms with van der Waals surface area (Å²) in [7, 11) is -0.958. The molecule has 0 bridgehead atoms. The third-order valence-electron chi connectivity index (χ3n) is 0.887. The Morgan fingerprint density at radius 3 is 1.83 bits per heavy atom. The van der Waals surface area contributed by atoms with Gasteiger partial charge in [-0.3, -0.25) is 0 Å². The summed E-state index contributed by atoms with van der Waals surface area (Å²) in [6.07, 6.45) is 6.11. The fraction of sp³-hybridized carbons (Fsp3) is 0.875. The Balaban J connectivity index is 3.92. The standard InChI is InChI=1S/C8H20N2OS/c1-8(2,3)9-7(11)10-12(4,5)6/h1-6H3,(H2,9,10,11). The van der Waals surface area contributed by atoms with Gasteiger partial charge in [0.05, 0.1) is 0 Å². The first-order valence-corrected chi connectivity index (χ1v) is 6.74. The largest absolute Gasteiger partial charge is 0.333 e. The Labute approximate surface area is 76.7 Å². The Morgan fingerprint density at radius 1 is 1.17 bits per heavy atom. The highest BCUT2D eigenvalue weighted by Gasteiger charge is 2.15. The minimum Gasteiger partial charge on any atom is -0.333 e. The molecule has 0 aliphatic rings. The van der Waals surface area contributed by atoms with Crippen molar-refractivity contribution in [3.8, 4) is 0 Å². The van der Waals surface area contributed by atoms with E-state index < -0.39 is 10.2 Å². The fourth-order valence-electron chi connectivity index (χ4n) is 0.644. The van der Waals surface area contributed by atoms with Crippen molar-refractivity contribution < 1.29 is 4.79 Å². The lowest BCUT2D eigenvalue weighted by molar-refractivity contribution is 0.237. The Bertz CT molecular complexity index is 149. The van der Waals surface area contributed by atoms with E-state index in [1.54, 1.807) is 0 Å². The molecule has 0 aromatic carbocycles. The van der Waals surface area contributed by atoms with Gasteiger partial charge < -0.3 is 10.0 Å². The first kappa shape index (κ1) is 11.6. The minimum atomic E-state index is -0.958. The molecular formula is C8H20N2OS. The predicted octanol–water partition coefficient (Wildman–Crippen LogP) is 1.69. The van der Waals surface area contributed by atoms with E-state index in [0.29, 0.717) is 0 Å². The molecule has 0 heterocycles. The van der Waals surface area contributed by atoms with Gasteiger partial charge in [-0.15, -0.1) is 0 Å². The van der Waals surface area contributed by atoms with Gasteiger partial charge in [-0.05, 0) is 39.5 Å². The molecule has 0 aromatic rings. The van der Waals surface area contributed by atoms with Crippen LogP contribution in [0, 0.1) is 0 Å². The second-order valence-electron chi connectivity index (χ2n) is 4.64. The van der Waals surface area contributed by atoms with Gasteiger partial charge in [0.1, 0.15) is 0 Å². The van der Waals surface area contributed by atoms with Gasteiger partial charge in [-0.25, -0.2) is 4.79 Å². The van der Waals surface area contributed by atoms with Crippen molar-refractivity contribution in [1.29, 1.82) is 0 Å². The van der Waals surface area contributed by atoms with Crippen LogP contribution in [-0.4, -0.2) is 30.3 Å². The van der Waals surface area contributed by atoms with E-state index in [4.69, 9.17) is 0 Å². The Kier molecular flexibility index (Phi) is 3.45. The summed E-state index contributed by atoms with van der Waals surface area (Å²) in [5, 5.41) is 2.85. The summed E-state index contributed by atoms with van der Waals surface area (Å²) in [6, 6.07) is -0.0787. The van der Waals surface area contributed by atoms with Crippen LogP contribution in [0.25, 0.3) is 0 Å². The van der Waals surface area contributed by atoms with Crippen LogP contribution in [-0.2, 0) is 0 Å². The van der Waals surface area contributed by atoms with Crippen molar-refractivity contribution in [2.45, 2.75) is 26.3 Å². The molecule has 4 heteroatoms. The number of hydrogen-bond donors (Lipinski definition) is 2. The molecule has 0 unspecified atom stereocenters. The number of carbonyl (C=O) groups is 1. The van der Waals surface area contributed by atoms with Crippen molar-refractivity contribution in [2.24, 2.45) is 0 Å². The average molecular weight is 192 g/mol. The van der Waals surface area contributed by atoms with Crippen molar-refractivity contribution in [3.05, 3.63) is 0 Å². The maximum absolute atomic E-state index is 11.3. The van der Waals surface area contributed by atoms with E-state index >= 15 is 0 Å². The van der Waals surface area contributed by atoms with Crippen LogP contribution in [0.15, 0.2) is 0 Å². The lowest BCUT2D eigenvalue weighted by Crippen LogP contribution is -2.46. The number of rotatable bonds is 1. The van der Waals surface area contributed by atoms with E-state index in [1.807, 2.05) is 39.5 Å². The molecule has 0 aliphatic heterocycles. The lowest BCUT2D eigenvalue weighted by Gasteiger charge is -2.29. The van der Waals surface area contributed by atoms with E-state index in [1.165, 1.54) is 0 Å². The first-order chi connectivity index (χ1) is 5.10. The zero-order valence-corrected chi connectivity index (χ0v) is 9.63. The van der Waals surface area contributed by atoms with Gasteiger partial charge in [0, 0.05) is 5.54 Å². The van der Waals surface area contributed by atoms with Crippen molar-refractivity contribution in [2.75, 3.05) is 18.8 Å². The van der Waals surface area contributed by atoms with E-state index in [0.717, 1.165) is 0 Å². The molecular weight excluding hydrogens is 172 g/mol. The molecule has 74 valence electrons. The summed E-state index contributed by atoms with van der Waals surface area (Å²) < 4.78 is 2.91. The molecule has 12 heavy (non-hydrogen) atoms. The zero-order valence-electron chi connectivity index (χ0n) is 8.82. The third kappa shape index (κ3) is 7.72. The summed E-state index contributed by atoms with van der Waals surface area (Å²) in [4.78, 5) is 11.3. The predicted molar refractivity (Wildman–Crippen MR) is 56.8 cm³/mol. The molecule has 0 saturated carbocycles. The topological polar surface area (TPSA) is 41.1 Å². The number of nitrogens with one attached hydrogen (secondary N) is 2. The van der Waals surface area contributed by atoms with Gasteiger partial charge in [-0.1, -0.05) is 0 Å². The van der Waals surface area contributed by atoms with E-state index in [2.05, 4.69) is 10.0 Å². The zero-order chi connectivity index (χ0) is 9.99. The van der Waals surface area contributed by atoms with Crippen LogP contribution in [0.4, 0.5) is 4.79 Å². The molecule has 0 fully saturated rings. The van der Waals surface area contributed by atoms with Crippen molar-refractivity contribution >= 4 is 16.2 Å². The number of carbonyl (C=O) groups excluding carboxylic acids is 1. The van der Waals surface area contributed by atoms with Gasteiger partial charge in [0.25, 0.3) is 0 Å². The van der Waals surface area contributed by atoms with Crippen LogP contribution < -0.4 is 10.0 Å². The van der Waals surface area contributed by atoms with Gasteiger partial charge in [-0.2, -0.15) is 10.2 Å². The Hall–Kier alpha value is -0.380. The van der Waals surface area contributed by atoms with Crippen LogP contribution in [0.1, 0.15) is 20.8 Å².